The van der Waals surface area contributed by atoms with E-state index >= 15 is 0 Å². The number of carbonyl (C=O) groups is 1. The van der Waals surface area contributed by atoms with Crippen molar-refractivity contribution < 1.29 is 23.8 Å². The molecule has 0 saturated heterocycles. The van der Waals surface area contributed by atoms with Gasteiger partial charge in [0.25, 0.3) is 0 Å². The molecule has 0 saturated carbocycles. The Balaban J connectivity index is 3.93. The van der Waals surface area contributed by atoms with Crippen molar-refractivity contribution in [2.45, 2.75) is 27.2 Å². The normalized spacial score (nSPS) is 15.4. The molecule has 0 aromatic rings. The molecule has 6 nitrogen and oxygen atoms in total. The molecular formula is C10H22NO5P. The zero-order chi connectivity index (χ0) is 13.5. The first kappa shape index (κ1) is 16.6. The van der Waals surface area contributed by atoms with Crippen LogP contribution in [0.4, 0.5) is 0 Å². The molecule has 0 bridgehead atoms. The second-order valence-electron chi connectivity index (χ2n) is 4.83. The van der Waals surface area contributed by atoms with E-state index in [-0.39, 0.29) is 18.5 Å². The summed E-state index contributed by atoms with van der Waals surface area (Å²) in [6.07, 6.45) is 1.11. The summed E-state index contributed by atoms with van der Waals surface area (Å²) in [5.41, 5.74) is -0.0295. The zero-order valence-corrected chi connectivity index (χ0v) is 11.8. The van der Waals surface area contributed by atoms with Gasteiger partial charge in [-0.15, -0.1) is 0 Å². The van der Waals surface area contributed by atoms with Gasteiger partial charge >= 0.3 is 0 Å². The highest BCUT2D eigenvalue weighted by Gasteiger charge is 2.18. The third kappa shape index (κ3) is 9.30. The third-order valence-electron chi connectivity index (χ3n) is 2.25. The van der Waals surface area contributed by atoms with Crippen LogP contribution in [0.15, 0.2) is 0 Å². The summed E-state index contributed by atoms with van der Waals surface area (Å²) in [4.78, 5) is 24.9. The van der Waals surface area contributed by atoms with E-state index in [1.807, 2.05) is 20.8 Å². The van der Waals surface area contributed by atoms with E-state index in [1.54, 1.807) is 0 Å². The minimum absolute atomic E-state index is 0.0295. The van der Waals surface area contributed by atoms with Gasteiger partial charge in [0, 0.05) is 6.66 Å². The van der Waals surface area contributed by atoms with Crippen LogP contribution in [-0.4, -0.2) is 42.7 Å². The van der Waals surface area contributed by atoms with Crippen molar-refractivity contribution in [3.05, 3.63) is 0 Å². The van der Waals surface area contributed by atoms with Crippen LogP contribution in [0.2, 0.25) is 0 Å². The van der Waals surface area contributed by atoms with Crippen LogP contribution in [-0.2, 0) is 18.9 Å². The molecule has 17 heavy (non-hydrogen) atoms. The molecule has 0 spiro atoms. The minimum Gasteiger partial charge on any atom is -0.349 e. The van der Waals surface area contributed by atoms with Crippen LogP contribution in [0.5, 0.6) is 0 Å². The third-order valence-corrected chi connectivity index (χ3v) is 2.91. The zero-order valence-electron chi connectivity index (χ0n) is 10.9. The van der Waals surface area contributed by atoms with Gasteiger partial charge in [0.15, 0.2) is 0 Å². The van der Waals surface area contributed by atoms with Crippen LogP contribution < -0.4 is 0 Å². The Hall–Kier alpha value is -0.420. The van der Waals surface area contributed by atoms with Crippen molar-refractivity contribution in [3.63, 3.8) is 0 Å². The maximum atomic E-state index is 10.9. The maximum absolute atomic E-state index is 10.9. The second-order valence-corrected chi connectivity index (χ2v) is 7.19. The number of amides is 1. The number of nitrogens with zero attached hydrogens (tertiary/aromatic N) is 1. The fourth-order valence-corrected chi connectivity index (χ4v) is 1.18. The van der Waals surface area contributed by atoms with Crippen molar-refractivity contribution in [3.8, 4) is 0 Å². The van der Waals surface area contributed by atoms with E-state index in [1.165, 1.54) is 6.66 Å². The summed E-state index contributed by atoms with van der Waals surface area (Å²) in [5, 5.41) is 0.979. The predicted octanol–water partition coefficient (Wildman–Crippen LogP) is 1.64. The second kappa shape index (κ2) is 7.11. The average molecular weight is 267 g/mol. The standard InChI is InChI=1S/C10H22NO5P/c1-5-10(2,3)6-16-11(7-12)8-15-9-17(4,13)14/h7H,5-6,8-9H2,1-4H3,(H,13,14). The van der Waals surface area contributed by atoms with Crippen molar-refractivity contribution in [2.24, 2.45) is 5.41 Å². The molecule has 102 valence electrons. The van der Waals surface area contributed by atoms with Gasteiger partial charge in [-0.1, -0.05) is 20.8 Å². The molecular weight excluding hydrogens is 245 g/mol. The highest BCUT2D eigenvalue weighted by Crippen LogP contribution is 2.34. The average Bonchev–Trinajstić information content (AvgIpc) is 2.21. The summed E-state index contributed by atoms with van der Waals surface area (Å²) >= 11 is 0. The Morgan fingerprint density at radius 1 is 1.47 bits per heavy atom. The van der Waals surface area contributed by atoms with Gasteiger partial charge in [0.05, 0.1) is 6.61 Å². The van der Waals surface area contributed by atoms with Crippen LogP contribution in [0.3, 0.4) is 0 Å². The van der Waals surface area contributed by atoms with Gasteiger partial charge < -0.3 is 9.63 Å². The SMILES string of the molecule is CCC(C)(C)CON(C=O)COCP(C)(=O)O. The smallest absolute Gasteiger partial charge is 0.235 e. The Morgan fingerprint density at radius 2 is 2.06 bits per heavy atom. The van der Waals surface area contributed by atoms with Crippen LogP contribution in [0.1, 0.15) is 27.2 Å². The molecule has 0 aromatic heterocycles. The summed E-state index contributed by atoms with van der Waals surface area (Å²) in [5.74, 6) is 0. The first-order chi connectivity index (χ1) is 7.70. The molecule has 1 unspecified atom stereocenters. The first-order valence-electron chi connectivity index (χ1n) is 5.42. The molecule has 7 heteroatoms. The Labute approximate surface area is 102 Å². The number of hydrogen-bond acceptors (Lipinski definition) is 4. The van der Waals surface area contributed by atoms with Crippen LogP contribution in [0.25, 0.3) is 0 Å². The number of hydroxylamine groups is 2. The lowest BCUT2D eigenvalue weighted by Crippen LogP contribution is -2.30. The van der Waals surface area contributed by atoms with Gasteiger partial charge in [-0.3, -0.25) is 14.2 Å². The molecule has 0 rings (SSSR count). The number of ether oxygens (including phenoxy) is 1. The van der Waals surface area contributed by atoms with Crippen molar-refractivity contribution in [2.75, 3.05) is 26.4 Å². The molecule has 1 atom stereocenters. The lowest BCUT2D eigenvalue weighted by molar-refractivity contribution is -0.209. The van der Waals surface area contributed by atoms with Crippen molar-refractivity contribution >= 4 is 13.8 Å². The van der Waals surface area contributed by atoms with E-state index in [4.69, 9.17) is 14.5 Å². The van der Waals surface area contributed by atoms with Crippen LogP contribution in [0, 0.1) is 5.41 Å². The summed E-state index contributed by atoms with van der Waals surface area (Å²) in [6.45, 7) is 7.50. The van der Waals surface area contributed by atoms with E-state index < -0.39 is 7.37 Å². The molecule has 1 amide bonds. The Morgan fingerprint density at radius 3 is 2.47 bits per heavy atom. The van der Waals surface area contributed by atoms with E-state index in [2.05, 4.69) is 0 Å². The van der Waals surface area contributed by atoms with Gasteiger partial charge in [0.1, 0.15) is 13.1 Å². The molecule has 0 aliphatic heterocycles. The molecule has 0 radical (unpaired) electrons. The fourth-order valence-electron chi connectivity index (χ4n) is 0.758. The van der Waals surface area contributed by atoms with Crippen molar-refractivity contribution in [1.29, 1.82) is 0 Å². The Bertz CT molecular complexity index is 276. The van der Waals surface area contributed by atoms with Gasteiger partial charge in [-0.25, -0.2) is 0 Å². The summed E-state index contributed by atoms with van der Waals surface area (Å²) in [6, 6.07) is 0. The quantitative estimate of drug-likeness (QED) is 0.297. The molecule has 0 aromatic carbocycles. The van der Waals surface area contributed by atoms with E-state index in [9.17, 15) is 9.36 Å². The Kier molecular flexibility index (Phi) is 6.94. The molecule has 0 aliphatic rings. The number of rotatable bonds is 9. The molecule has 0 fully saturated rings. The lowest BCUT2D eigenvalue weighted by atomic mass is 9.92. The lowest BCUT2D eigenvalue weighted by Gasteiger charge is -2.25. The topological polar surface area (TPSA) is 76.1 Å². The fraction of sp³-hybridized carbons (Fsp3) is 0.900. The van der Waals surface area contributed by atoms with Crippen LogP contribution >= 0.6 is 7.37 Å². The van der Waals surface area contributed by atoms with Gasteiger partial charge in [-0.05, 0) is 11.8 Å². The van der Waals surface area contributed by atoms with Gasteiger partial charge in [0.2, 0.25) is 13.8 Å². The van der Waals surface area contributed by atoms with Crippen molar-refractivity contribution in [1.82, 2.24) is 5.06 Å². The number of hydrogen-bond donors (Lipinski definition) is 1. The predicted molar refractivity (Wildman–Crippen MR) is 64.5 cm³/mol. The molecule has 0 heterocycles. The number of carbonyl (C=O) groups excluding carboxylic acids is 1. The first-order valence-corrected chi connectivity index (χ1v) is 7.71. The molecule has 0 aliphatic carbocycles. The summed E-state index contributed by atoms with van der Waals surface area (Å²) in [7, 11) is -3.21. The van der Waals surface area contributed by atoms with Gasteiger partial charge in [-0.2, -0.15) is 5.06 Å². The highest BCUT2D eigenvalue weighted by molar-refractivity contribution is 7.56. The summed E-state index contributed by atoms with van der Waals surface area (Å²) < 4.78 is 15.8. The monoisotopic (exact) mass is 267 g/mol. The largest absolute Gasteiger partial charge is 0.349 e. The van der Waals surface area contributed by atoms with E-state index in [0.29, 0.717) is 13.0 Å². The highest BCUT2D eigenvalue weighted by atomic mass is 31.2. The minimum atomic E-state index is -3.21. The molecule has 1 N–H and O–H groups in total. The maximum Gasteiger partial charge on any atom is 0.235 e. The van der Waals surface area contributed by atoms with E-state index in [0.717, 1.165) is 11.5 Å².